The third-order valence-corrected chi connectivity index (χ3v) is 3.31. The van der Waals surface area contributed by atoms with Gasteiger partial charge in [0, 0.05) is 31.9 Å². The third kappa shape index (κ3) is 8.84. The molecule has 4 nitrogen and oxygen atoms in total. The summed E-state index contributed by atoms with van der Waals surface area (Å²) in [5.74, 6) is 0.223. The zero-order chi connectivity index (χ0) is 11.9. The summed E-state index contributed by atoms with van der Waals surface area (Å²) in [6.07, 6.45) is 1.27. The first-order chi connectivity index (χ1) is 6.87. The van der Waals surface area contributed by atoms with Crippen LogP contribution in [0.4, 0.5) is 0 Å². The van der Waals surface area contributed by atoms with Gasteiger partial charge in [0.25, 0.3) is 0 Å². The summed E-state index contributed by atoms with van der Waals surface area (Å²) in [5.41, 5.74) is 0. The Labute approximate surface area is 94.0 Å². The summed E-state index contributed by atoms with van der Waals surface area (Å²) in [5, 5.41) is 3.14. The van der Waals surface area contributed by atoms with Crippen molar-refractivity contribution in [2.45, 2.75) is 26.8 Å². The number of sulfone groups is 1. The second kappa shape index (κ2) is 7.19. The molecule has 0 aliphatic carbocycles. The molecule has 0 aromatic rings. The van der Waals surface area contributed by atoms with Crippen LogP contribution in [-0.4, -0.2) is 57.5 Å². The van der Waals surface area contributed by atoms with Crippen molar-refractivity contribution in [1.82, 2.24) is 10.2 Å². The lowest BCUT2D eigenvalue weighted by Crippen LogP contribution is -2.37. The monoisotopic (exact) mass is 236 g/mol. The number of likely N-dealkylation sites (N-methyl/N-ethyl adjacent to an activating group) is 1. The Hall–Kier alpha value is -0.130. The standard InChI is InChI=1S/C10H24N2O2S/c1-5-12(10(2)3)8-6-11-7-9-15(4,13)14/h10-11H,5-9H2,1-4H3. The van der Waals surface area contributed by atoms with Gasteiger partial charge in [-0.05, 0) is 20.4 Å². The van der Waals surface area contributed by atoms with E-state index in [0.29, 0.717) is 12.6 Å². The van der Waals surface area contributed by atoms with Crippen LogP contribution in [0, 0.1) is 0 Å². The van der Waals surface area contributed by atoms with Gasteiger partial charge in [-0.25, -0.2) is 8.42 Å². The first kappa shape index (κ1) is 14.9. The molecule has 0 aromatic heterocycles. The molecule has 15 heavy (non-hydrogen) atoms. The molecule has 0 heterocycles. The van der Waals surface area contributed by atoms with Crippen LogP contribution < -0.4 is 5.32 Å². The zero-order valence-corrected chi connectivity index (χ0v) is 11.1. The van der Waals surface area contributed by atoms with E-state index in [4.69, 9.17) is 0 Å². The molecule has 0 aromatic carbocycles. The Morgan fingerprint density at radius 3 is 2.27 bits per heavy atom. The average Bonchev–Trinajstić information content (AvgIpc) is 2.08. The van der Waals surface area contributed by atoms with Gasteiger partial charge in [0.1, 0.15) is 9.84 Å². The van der Waals surface area contributed by atoms with Gasteiger partial charge in [-0.1, -0.05) is 6.92 Å². The van der Waals surface area contributed by atoms with Gasteiger partial charge in [-0.2, -0.15) is 0 Å². The van der Waals surface area contributed by atoms with E-state index in [-0.39, 0.29) is 5.75 Å². The predicted molar refractivity (Wildman–Crippen MR) is 65.0 cm³/mol. The molecule has 5 heteroatoms. The van der Waals surface area contributed by atoms with Gasteiger partial charge in [0.05, 0.1) is 5.75 Å². The molecule has 0 amide bonds. The molecule has 0 spiro atoms. The highest BCUT2D eigenvalue weighted by atomic mass is 32.2. The van der Waals surface area contributed by atoms with E-state index in [2.05, 4.69) is 31.0 Å². The largest absolute Gasteiger partial charge is 0.314 e. The summed E-state index contributed by atoms with van der Waals surface area (Å²) >= 11 is 0. The number of nitrogens with one attached hydrogen (secondary N) is 1. The summed E-state index contributed by atoms with van der Waals surface area (Å²) in [7, 11) is -2.82. The highest BCUT2D eigenvalue weighted by molar-refractivity contribution is 7.90. The quantitative estimate of drug-likeness (QED) is 0.618. The van der Waals surface area contributed by atoms with E-state index in [1.165, 1.54) is 6.26 Å². The molecule has 1 N–H and O–H groups in total. The molecule has 92 valence electrons. The molecule has 0 aliphatic heterocycles. The molecule has 0 atom stereocenters. The SMILES string of the molecule is CCN(CCNCCS(C)(=O)=O)C(C)C. The Balaban J connectivity index is 3.53. The summed E-state index contributed by atoms with van der Waals surface area (Å²) < 4.78 is 21.7. The fourth-order valence-corrected chi connectivity index (χ4v) is 1.90. The van der Waals surface area contributed by atoms with E-state index in [1.807, 2.05) is 0 Å². The van der Waals surface area contributed by atoms with Crippen LogP contribution in [0.1, 0.15) is 20.8 Å². The van der Waals surface area contributed by atoms with Crippen LogP contribution in [0.25, 0.3) is 0 Å². The molecular weight excluding hydrogens is 212 g/mol. The summed E-state index contributed by atoms with van der Waals surface area (Å²) in [4.78, 5) is 2.34. The predicted octanol–water partition coefficient (Wildman–Crippen LogP) is 0.351. The molecule has 0 saturated heterocycles. The van der Waals surface area contributed by atoms with Crippen LogP contribution in [0.3, 0.4) is 0 Å². The maximum atomic E-state index is 10.8. The minimum atomic E-state index is -2.82. The van der Waals surface area contributed by atoms with E-state index in [0.717, 1.165) is 19.6 Å². The third-order valence-electron chi connectivity index (χ3n) is 2.36. The van der Waals surface area contributed by atoms with Crippen molar-refractivity contribution in [2.75, 3.05) is 38.2 Å². The smallest absolute Gasteiger partial charge is 0.148 e. The van der Waals surface area contributed by atoms with Gasteiger partial charge in [-0.3, -0.25) is 4.90 Å². The van der Waals surface area contributed by atoms with Crippen LogP contribution in [0.2, 0.25) is 0 Å². The Morgan fingerprint density at radius 1 is 1.27 bits per heavy atom. The van der Waals surface area contributed by atoms with E-state index in [1.54, 1.807) is 0 Å². The molecule has 0 saturated carbocycles. The first-order valence-corrected chi connectivity index (χ1v) is 7.55. The van der Waals surface area contributed by atoms with Crippen LogP contribution in [-0.2, 0) is 9.84 Å². The number of nitrogens with zero attached hydrogens (tertiary/aromatic N) is 1. The molecule has 0 radical (unpaired) electrons. The zero-order valence-electron chi connectivity index (χ0n) is 10.3. The fourth-order valence-electron chi connectivity index (χ4n) is 1.39. The Kier molecular flexibility index (Phi) is 7.13. The second-order valence-corrected chi connectivity index (χ2v) is 6.36. The van der Waals surface area contributed by atoms with Crippen molar-refractivity contribution in [3.63, 3.8) is 0 Å². The lowest BCUT2D eigenvalue weighted by molar-refractivity contribution is 0.234. The summed E-state index contributed by atoms with van der Waals surface area (Å²) in [6, 6.07) is 0.548. The lowest BCUT2D eigenvalue weighted by Gasteiger charge is -2.24. The normalized spacial score (nSPS) is 12.7. The fraction of sp³-hybridized carbons (Fsp3) is 1.00. The van der Waals surface area contributed by atoms with Crippen molar-refractivity contribution in [1.29, 1.82) is 0 Å². The molecule has 0 aliphatic rings. The number of rotatable bonds is 8. The van der Waals surface area contributed by atoms with Gasteiger partial charge in [0.2, 0.25) is 0 Å². The average molecular weight is 236 g/mol. The van der Waals surface area contributed by atoms with Crippen molar-refractivity contribution in [3.05, 3.63) is 0 Å². The van der Waals surface area contributed by atoms with E-state index >= 15 is 0 Å². The van der Waals surface area contributed by atoms with E-state index in [9.17, 15) is 8.42 Å². The first-order valence-electron chi connectivity index (χ1n) is 5.49. The number of hydrogen-bond donors (Lipinski definition) is 1. The summed E-state index contributed by atoms with van der Waals surface area (Å²) in [6.45, 7) is 9.87. The minimum Gasteiger partial charge on any atom is -0.314 e. The topological polar surface area (TPSA) is 49.4 Å². The van der Waals surface area contributed by atoms with Crippen LogP contribution >= 0.6 is 0 Å². The molecule has 0 unspecified atom stereocenters. The van der Waals surface area contributed by atoms with Crippen LogP contribution in [0.5, 0.6) is 0 Å². The lowest BCUT2D eigenvalue weighted by atomic mass is 10.3. The molecule has 0 rings (SSSR count). The van der Waals surface area contributed by atoms with E-state index < -0.39 is 9.84 Å². The molecule has 0 bridgehead atoms. The van der Waals surface area contributed by atoms with Crippen LogP contribution in [0.15, 0.2) is 0 Å². The maximum absolute atomic E-state index is 10.8. The van der Waals surface area contributed by atoms with Crippen molar-refractivity contribution < 1.29 is 8.42 Å². The van der Waals surface area contributed by atoms with Gasteiger partial charge >= 0.3 is 0 Å². The van der Waals surface area contributed by atoms with Gasteiger partial charge in [0.15, 0.2) is 0 Å². The Morgan fingerprint density at radius 2 is 1.87 bits per heavy atom. The molecular formula is C10H24N2O2S. The highest BCUT2D eigenvalue weighted by Gasteiger charge is 2.06. The highest BCUT2D eigenvalue weighted by Crippen LogP contribution is 1.95. The van der Waals surface area contributed by atoms with Crippen molar-refractivity contribution in [2.24, 2.45) is 0 Å². The minimum absolute atomic E-state index is 0.223. The maximum Gasteiger partial charge on any atom is 0.148 e. The number of hydrogen-bond acceptors (Lipinski definition) is 4. The van der Waals surface area contributed by atoms with Gasteiger partial charge < -0.3 is 5.32 Å². The second-order valence-electron chi connectivity index (χ2n) is 4.10. The van der Waals surface area contributed by atoms with Gasteiger partial charge in [-0.15, -0.1) is 0 Å². The van der Waals surface area contributed by atoms with Crippen molar-refractivity contribution >= 4 is 9.84 Å². The molecule has 0 fully saturated rings. The Bertz CT molecular complexity index is 250. The van der Waals surface area contributed by atoms with Crippen molar-refractivity contribution in [3.8, 4) is 0 Å².